The quantitative estimate of drug-likeness (QED) is 0.361. The zero-order valence-electron chi connectivity index (χ0n) is 22.0. The summed E-state index contributed by atoms with van der Waals surface area (Å²) in [5.74, 6) is 0.703. The van der Waals surface area contributed by atoms with Crippen LogP contribution in [0.5, 0.6) is 11.6 Å². The lowest BCUT2D eigenvalue weighted by Crippen LogP contribution is -2.35. The third-order valence-corrected chi connectivity index (χ3v) is 7.93. The summed E-state index contributed by atoms with van der Waals surface area (Å²) in [6, 6.07) is 16.0. The summed E-state index contributed by atoms with van der Waals surface area (Å²) in [6.45, 7) is 5.15. The number of benzene rings is 2. The molecule has 10 nitrogen and oxygen atoms in total. The number of fused-ring (bicyclic) bond motifs is 3. The lowest BCUT2D eigenvalue weighted by atomic mass is 10.1. The Labute approximate surface area is 226 Å². The number of nitrogens with zero attached hydrogens (tertiary/aromatic N) is 2. The lowest BCUT2D eigenvalue weighted by molar-refractivity contribution is 0.0497. The van der Waals surface area contributed by atoms with Crippen LogP contribution in [0.15, 0.2) is 65.6 Å². The Hall–Kier alpha value is -4.09. The van der Waals surface area contributed by atoms with Crippen LogP contribution < -0.4 is 14.8 Å². The van der Waals surface area contributed by atoms with Crippen LogP contribution in [0.3, 0.4) is 0 Å². The number of aliphatic hydroxyl groups is 1. The van der Waals surface area contributed by atoms with Crippen molar-refractivity contribution >= 4 is 27.0 Å². The second-order valence-corrected chi connectivity index (χ2v) is 11.9. The Morgan fingerprint density at radius 2 is 1.90 bits per heavy atom. The number of carbonyl (C=O) groups is 1. The van der Waals surface area contributed by atoms with E-state index in [4.69, 9.17) is 14.2 Å². The smallest absolute Gasteiger partial charge is 0.408 e. The average Bonchev–Trinajstić information content (AvgIpc) is 3.49. The predicted molar refractivity (Wildman–Crippen MR) is 144 cm³/mol. The molecule has 0 radical (unpaired) electrons. The molecule has 204 valence electrons. The minimum atomic E-state index is -4.06. The van der Waals surface area contributed by atoms with E-state index in [1.807, 2.05) is 0 Å². The first-order chi connectivity index (χ1) is 18.5. The summed E-state index contributed by atoms with van der Waals surface area (Å²) in [7, 11) is -2.62. The van der Waals surface area contributed by atoms with Crippen molar-refractivity contribution in [1.82, 2.24) is 14.3 Å². The lowest BCUT2D eigenvalue weighted by Gasteiger charge is -2.21. The number of amides is 1. The molecule has 0 unspecified atom stereocenters. The minimum absolute atomic E-state index is 0.109. The van der Waals surface area contributed by atoms with Crippen LogP contribution in [0.2, 0.25) is 0 Å². The standard InChI is InChI=1S/C28H29N3O7S/c1-28(2,3)38-27(33)30-22-16-37-26-20(22)10-11-23-21(26)14-24(17-12-18(15-32)29-25(13-17)36-4)31(23)39(34,35)19-8-6-5-7-9-19/h5-14,22,32H,15-16H2,1-4H3,(H,30,33)/t22-/m1/s1. The normalized spacial score (nSPS) is 15.1. The molecular formula is C28H29N3O7S. The van der Waals surface area contributed by atoms with E-state index in [0.717, 1.165) is 0 Å². The summed E-state index contributed by atoms with van der Waals surface area (Å²) in [5.41, 5.74) is 1.58. The number of rotatable bonds is 6. The van der Waals surface area contributed by atoms with Gasteiger partial charge in [0.2, 0.25) is 5.88 Å². The van der Waals surface area contributed by atoms with Crippen LogP contribution in [-0.4, -0.2) is 47.9 Å². The van der Waals surface area contributed by atoms with E-state index in [1.165, 1.54) is 23.2 Å². The van der Waals surface area contributed by atoms with E-state index in [9.17, 15) is 18.3 Å². The molecule has 1 aliphatic heterocycles. The number of aliphatic hydroxyl groups excluding tert-OH is 1. The summed E-state index contributed by atoms with van der Waals surface area (Å²) in [4.78, 5) is 16.8. The number of nitrogens with one attached hydrogen (secondary N) is 1. The Balaban J connectivity index is 1.70. The van der Waals surface area contributed by atoms with E-state index in [2.05, 4.69) is 10.3 Å². The Morgan fingerprint density at radius 1 is 1.15 bits per heavy atom. The first-order valence-corrected chi connectivity index (χ1v) is 13.7. The van der Waals surface area contributed by atoms with Crippen molar-refractivity contribution in [2.24, 2.45) is 0 Å². The van der Waals surface area contributed by atoms with Crippen LogP contribution in [0.1, 0.15) is 38.1 Å². The number of alkyl carbamates (subject to hydrolysis) is 1. The van der Waals surface area contributed by atoms with Gasteiger partial charge in [-0.05, 0) is 51.1 Å². The first-order valence-electron chi connectivity index (χ1n) is 12.3. The monoisotopic (exact) mass is 551 g/mol. The summed E-state index contributed by atoms with van der Waals surface area (Å²) in [6.07, 6.45) is -0.575. The third kappa shape index (κ3) is 5.02. The number of methoxy groups -OCH3 is 1. The number of pyridine rings is 1. The second-order valence-electron chi connectivity index (χ2n) is 10.1. The largest absolute Gasteiger partial charge is 0.490 e. The number of hydrogen-bond acceptors (Lipinski definition) is 8. The zero-order valence-corrected chi connectivity index (χ0v) is 22.8. The highest BCUT2D eigenvalue weighted by molar-refractivity contribution is 7.90. The van der Waals surface area contributed by atoms with Crippen LogP contribution >= 0.6 is 0 Å². The van der Waals surface area contributed by atoms with E-state index in [0.29, 0.717) is 39.2 Å². The number of carbonyl (C=O) groups excluding carboxylic acids is 1. The molecule has 39 heavy (non-hydrogen) atoms. The summed E-state index contributed by atoms with van der Waals surface area (Å²) >= 11 is 0. The van der Waals surface area contributed by atoms with Crippen molar-refractivity contribution in [2.45, 2.75) is 43.9 Å². The molecule has 0 bridgehead atoms. The van der Waals surface area contributed by atoms with E-state index in [-0.39, 0.29) is 24.0 Å². The number of aromatic nitrogens is 2. The highest BCUT2D eigenvalue weighted by Gasteiger charge is 2.32. The molecule has 0 saturated heterocycles. The highest BCUT2D eigenvalue weighted by atomic mass is 32.2. The van der Waals surface area contributed by atoms with Gasteiger partial charge >= 0.3 is 6.09 Å². The maximum atomic E-state index is 14.0. The Morgan fingerprint density at radius 3 is 2.56 bits per heavy atom. The number of ether oxygens (including phenoxy) is 3. The van der Waals surface area contributed by atoms with Gasteiger partial charge in [-0.1, -0.05) is 24.3 Å². The number of hydrogen-bond donors (Lipinski definition) is 2. The SMILES string of the molecule is COc1cc(-c2cc3c4c(ccc3n2S(=O)(=O)c2ccccc2)[C@H](NC(=O)OC(C)(C)C)CO4)cc(CO)n1. The molecular weight excluding hydrogens is 522 g/mol. The second kappa shape index (κ2) is 9.90. The van der Waals surface area contributed by atoms with Gasteiger partial charge < -0.3 is 24.6 Å². The third-order valence-electron chi connectivity index (χ3n) is 6.19. The molecule has 1 amide bonds. The molecule has 4 aromatic rings. The Bertz CT molecular complexity index is 1640. The van der Waals surface area contributed by atoms with Crippen molar-refractivity contribution in [2.75, 3.05) is 13.7 Å². The van der Waals surface area contributed by atoms with Gasteiger partial charge in [-0.2, -0.15) is 0 Å². The van der Waals surface area contributed by atoms with Crippen LogP contribution in [0.25, 0.3) is 22.2 Å². The fourth-order valence-corrected chi connectivity index (χ4v) is 6.11. The molecule has 1 aliphatic rings. The zero-order chi connectivity index (χ0) is 27.9. The van der Waals surface area contributed by atoms with Crippen molar-refractivity contribution in [3.8, 4) is 22.9 Å². The molecule has 1 atom stereocenters. The fraction of sp³-hybridized carbons (Fsp3) is 0.286. The maximum Gasteiger partial charge on any atom is 0.408 e. The topological polar surface area (TPSA) is 129 Å². The van der Waals surface area contributed by atoms with Gasteiger partial charge in [0.05, 0.1) is 41.6 Å². The van der Waals surface area contributed by atoms with Crippen molar-refractivity contribution in [3.63, 3.8) is 0 Å². The van der Waals surface area contributed by atoms with E-state index < -0.39 is 27.8 Å². The van der Waals surface area contributed by atoms with Gasteiger partial charge in [0.25, 0.3) is 10.0 Å². The highest BCUT2D eigenvalue weighted by Crippen LogP contribution is 2.43. The molecule has 2 aromatic carbocycles. The van der Waals surface area contributed by atoms with Gasteiger partial charge in [-0.15, -0.1) is 0 Å². The molecule has 5 rings (SSSR count). The van der Waals surface area contributed by atoms with Crippen molar-refractivity contribution < 1.29 is 32.5 Å². The van der Waals surface area contributed by atoms with Gasteiger partial charge in [-0.3, -0.25) is 0 Å². The average molecular weight is 552 g/mol. The molecule has 3 heterocycles. The molecule has 2 aromatic heterocycles. The van der Waals surface area contributed by atoms with Crippen molar-refractivity contribution in [3.05, 3.63) is 71.9 Å². The molecule has 0 saturated carbocycles. The molecule has 2 N–H and O–H groups in total. The molecule has 0 fully saturated rings. The van der Waals surface area contributed by atoms with E-state index in [1.54, 1.807) is 69.3 Å². The van der Waals surface area contributed by atoms with E-state index >= 15 is 0 Å². The van der Waals surface area contributed by atoms with Crippen molar-refractivity contribution in [1.29, 1.82) is 0 Å². The van der Waals surface area contributed by atoms with Gasteiger partial charge in [-0.25, -0.2) is 22.2 Å². The summed E-state index contributed by atoms with van der Waals surface area (Å²) in [5, 5.41) is 13.2. The van der Waals surface area contributed by atoms with Crippen LogP contribution in [0.4, 0.5) is 4.79 Å². The van der Waals surface area contributed by atoms with Gasteiger partial charge in [0.1, 0.15) is 18.0 Å². The van der Waals surface area contributed by atoms with Gasteiger partial charge in [0.15, 0.2) is 0 Å². The maximum absolute atomic E-state index is 14.0. The summed E-state index contributed by atoms with van der Waals surface area (Å²) < 4.78 is 46.0. The minimum Gasteiger partial charge on any atom is -0.490 e. The fourth-order valence-electron chi connectivity index (χ4n) is 4.56. The predicted octanol–water partition coefficient (Wildman–Crippen LogP) is 4.40. The molecule has 0 aliphatic carbocycles. The van der Waals surface area contributed by atoms with Gasteiger partial charge in [0, 0.05) is 22.6 Å². The molecule has 0 spiro atoms. The first kappa shape index (κ1) is 26.5. The van der Waals surface area contributed by atoms with Crippen LogP contribution in [-0.2, 0) is 21.4 Å². The van der Waals surface area contributed by atoms with Crippen LogP contribution in [0, 0.1) is 0 Å². The molecule has 11 heteroatoms. The Kier molecular flexibility index (Phi) is 6.73.